The number of rotatable bonds is 4. The van der Waals surface area contributed by atoms with E-state index in [1.165, 1.54) is 47.4 Å². The molecular weight excluding hydrogens is 679 g/mol. The molecule has 0 N–H and O–H groups in total. The van der Waals surface area contributed by atoms with E-state index in [4.69, 9.17) is 8.83 Å². The van der Waals surface area contributed by atoms with E-state index in [-0.39, 0.29) is 0 Å². The number of fused-ring (bicyclic) bond motifs is 13. The van der Waals surface area contributed by atoms with Crippen LogP contribution in [0.2, 0.25) is 0 Å². The molecule has 0 atom stereocenters. The fourth-order valence-corrected chi connectivity index (χ4v) is 9.75. The first kappa shape index (κ1) is 29.7. The predicted octanol–water partition coefficient (Wildman–Crippen LogP) is 15.3. The van der Waals surface area contributed by atoms with Crippen molar-refractivity contribution in [2.75, 3.05) is 4.90 Å². The van der Waals surface area contributed by atoms with Gasteiger partial charge in [0.1, 0.15) is 22.3 Å². The zero-order valence-corrected chi connectivity index (χ0v) is 29.7. The third-order valence-corrected chi connectivity index (χ3v) is 12.3. The van der Waals surface area contributed by atoms with Crippen LogP contribution in [0.3, 0.4) is 0 Å². The van der Waals surface area contributed by atoms with Gasteiger partial charge in [0.2, 0.25) is 0 Å². The van der Waals surface area contributed by atoms with Crippen molar-refractivity contribution < 1.29 is 8.83 Å². The summed E-state index contributed by atoms with van der Waals surface area (Å²) in [5, 5.41) is 12.0. The predicted molar refractivity (Wildman–Crippen MR) is 229 cm³/mol. The fourth-order valence-electron chi connectivity index (χ4n) is 8.54. The van der Waals surface area contributed by atoms with Crippen molar-refractivity contribution >= 4 is 114 Å². The molecule has 0 radical (unpaired) electrons. The van der Waals surface area contributed by atoms with Crippen LogP contribution in [-0.2, 0) is 0 Å². The lowest BCUT2D eigenvalue weighted by atomic mass is 10.00. The largest absolute Gasteiger partial charge is 0.456 e. The zero-order chi connectivity index (χ0) is 35.3. The zero-order valence-electron chi connectivity index (χ0n) is 28.9. The minimum atomic E-state index is 0.867. The molecule has 3 heterocycles. The van der Waals surface area contributed by atoms with E-state index in [1.807, 2.05) is 35.6 Å². The monoisotopic (exact) mass is 707 g/mol. The number of hydrogen-bond acceptors (Lipinski definition) is 4. The van der Waals surface area contributed by atoms with Gasteiger partial charge in [-0.15, -0.1) is 11.3 Å². The summed E-state index contributed by atoms with van der Waals surface area (Å²) in [4.78, 5) is 2.42. The second-order valence-corrected chi connectivity index (χ2v) is 15.1. The van der Waals surface area contributed by atoms with Crippen LogP contribution in [-0.4, -0.2) is 0 Å². The normalized spacial score (nSPS) is 12.1. The van der Waals surface area contributed by atoms with Crippen molar-refractivity contribution in [3.05, 3.63) is 176 Å². The van der Waals surface area contributed by atoms with Gasteiger partial charge in [-0.25, -0.2) is 0 Å². The number of benzene rings is 9. The van der Waals surface area contributed by atoms with Crippen LogP contribution in [0.5, 0.6) is 0 Å². The Morgan fingerprint density at radius 2 is 1.00 bits per heavy atom. The van der Waals surface area contributed by atoms with Crippen LogP contribution >= 0.6 is 11.3 Å². The Labute approximate surface area is 313 Å². The molecule has 0 saturated carbocycles. The van der Waals surface area contributed by atoms with Gasteiger partial charge in [-0.2, -0.15) is 0 Å². The Balaban J connectivity index is 1.00. The van der Waals surface area contributed by atoms with Crippen molar-refractivity contribution in [1.82, 2.24) is 0 Å². The summed E-state index contributed by atoms with van der Waals surface area (Å²) in [6, 6.07) is 63.2. The molecule has 0 bridgehead atoms. The maximum Gasteiger partial charge on any atom is 0.136 e. The highest BCUT2D eigenvalue weighted by atomic mass is 32.1. The topological polar surface area (TPSA) is 29.5 Å². The molecular formula is C50H29NO2S. The lowest BCUT2D eigenvalue weighted by Crippen LogP contribution is -2.10. The summed E-state index contributed by atoms with van der Waals surface area (Å²) < 4.78 is 15.3. The van der Waals surface area contributed by atoms with Gasteiger partial charge in [-0.1, -0.05) is 109 Å². The van der Waals surface area contributed by atoms with Crippen LogP contribution in [0.1, 0.15) is 0 Å². The van der Waals surface area contributed by atoms with Gasteiger partial charge in [0, 0.05) is 48.4 Å². The molecule has 0 amide bonds. The molecule has 12 rings (SSSR count). The first-order valence-corrected chi connectivity index (χ1v) is 19.1. The SMILES string of the molecule is c1ccc2c(c1)ccc1cc(N(c3ccc(-c4ccc5c(c4)oc4ccc6oc7ccccc7c6c45)cc3)c3cccc4c3sc3ccccc34)ccc12. The molecule has 0 unspecified atom stereocenters. The van der Waals surface area contributed by atoms with Gasteiger partial charge in [-0.3, -0.25) is 0 Å². The van der Waals surface area contributed by atoms with E-state index in [9.17, 15) is 0 Å². The molecule has 0 saturated heterocycles. The van der Waals surface area contributed by atoms with Crippen LogP contribution in [0, 0.1) is 0 Å². The van der Waals surface area contributed by atoms with Gasteiger partial charge in [-0.05, 0) is 99.4 Å². The van der Waals surface area contributed by atoms with Gasteiger partial charge in [0.25, 0.3) is 0 Å². The molecule has 12 aromatic rings. The summed E-state index contributed by atoms with van der Waals surface area (Å²) >= 11 is 1.86. The highest BCUT2D eigenvalue weighted by molar-refractivity contribution is 7.26. The lowest BCUT2D eigenvalue weighted by Gasteiger charge is -2.27. The third-order valence-electron chi connectivity index (χ3n) is 11.0. The van der Waals surface area contributed by atoms with Crippen molar-refractivity contribution in [3.8, 4) is 11.1 Å². The van der Waals surface area contributed by atoms with E-state index in [0.717, 1.165) is 66.4 Å². The number of hydrogen-bond donors (Lipinski definition) is 0. The molecule has 0 spiro atoms. The standard InChI is InChI=1S/C50H29NO2S/c1-2-9-36-31(8-1)16-17-33-28-35(23-25-37(33)36)51(42-13-7-12-39-38-10-4-6-15-47(38)54-50(39)42)34-21-18-30(19-22-34)32-20-24-41-46(29-32)53-45-27-26-44-48(49(41)45)40-11-3-5-14-43(40)52-44/h1-29H. The Hall–Kier alpha value is -6.88. The van der Waals surface area contributed by atoms with E-state index >= 15 is 0 Å². The van der Waals surface area contributed by atoms with E-state index in [0.29, 0.717) is 0 Å². The Kier molecular flexibility index (Phi) is 6.21. The average molecular weight is 708 g/mol. The number of anilines is 3. The van der Waals surface area contributed by atoms with Crippen LogP contribution in [0.25, 0.3) is 96.7 Å². The van der Waals surface area contributed by atoms with Crippen LogP contribution in [0.4, 0.5) is 17.1 Å². The third kappa shape index (κ3) is 4.35. The second-order valence-electron chi connectivity index (χ2n) is 14.0. The molecule has 4 heteroatoms. The first-order valence-electron chi connectivity index (χ1n) is 18.2. The Bertz CT molecular complexity index is 3460. The van der Waals surface area contributed by atoms with Crippen molar-refractivity contribution in [3.63, 3.8) is 0 Å². The molecule has 9 aromatic carbocycles. The average Bonchev–Trinajstić information content (AvgIpc) is 3.92. The summed E-state index contributed by atoms with van der Waals surface area (Å²) in [6.45, 7) is 0. The number of nitrogens with zero attached hydrogens (tertiary/aromatic N) is 1. The summed E-state index contributed by atoms with van der Waals surface area (Å²) in [6.07, 6.45) is 0. The maximum atomic E-state index is 6.50. The summed E-state index contributed by atoms with van der Waals surface area (Å²) in [7, 11) is 0. The van der Waals surface area contributed by atoms with Crippen molar-refractivity contribution in [2.45, 2.75) is 0 Å². The van der Waals surface area contributed by atoms with Gasteiger partial charge >= 0.3 is 0 Å². The molecule has 3 nitrogen and oxygen atoms in total. The van der Waals surface area contributed by atoms with Crippen molar-refractivity contribution in [1.29, 1.82) is 0 Å². The molecule has 0 aliphatic rings. The number of furan rings is 2. The number of thiophene rings is 1. The highest BCUT2D eigenvalue weighted by Gasteiger charge is 2.20. The summed E-state index contributed by atoms with van der Waals surface area (Å²) in [5.41, 5.74) is 9.13. The molecule has 252 valence electrons. The summed E-state index contributed by atoms with van der Waals surface area (Å²) in [5.74, 6) is 0. The molecule has 0 aliphatic carbocycles. The Morgan fingerprint density at radius 3 is 1.87 bits per heavy atom. The van der Waals surface area contributed by atoms with Gasteiger partial charge in [0.15, 0.2) is 0 Å². The van der Waals surface area contributed by atoms with Gasteiger partial charge in [0.05, 0.1) is 10.4 Å². The molecule has 0 aliphatic heterocycles. The quantitative estimate of drug-likeness (QED) is 0.171. The second kappa shape index (κ2) is 11.3. The van der Waals surface area contributed by atoms with Gasteiger partial charge < -0.3 is 13.7 Å². The maximum absolute atomic E-state index is 6.50. The first-order chi connectivity index (χ1) is 26.7. The minimum absolute atomic E-state index is 0.867. The smallest absolute Gasteiger partial charge is 0.136 e. The molecule has 0 fully saturated rings. The van der Waals surface area contributed by atoms with Crippen LogP contribution < -0.4 is 4.90 Å². The van der Waals surface area contributed by atoms with E-state index < -0.39 is 0 Å². The molecule has 3 aromatic heterocycles. The lowest BCUT2D eigenvalue weighted by molar-refractivity contribution is 0.663. The highest BCUT2D eigenvalue weighted by Crippen LogP contribution is 2.46. The number of para-hydroxylation sites is 1. The molecule has 54 heavy (non-hydrogen) atoms. The van der Waals surface area contributed by atoms with E-state index in [2.05, 4.69) is 157 Å². The van der Waals surface area contributed by atoms with E-state index in [1.54, 1.807) is 0 Å². The van der Waals surface area contributed by atoms with Crippen molar-refractivity contribution in [2.24, 2.45) is 0 Å². The minimum Gasteiger partial charge on any atom is -0.456 e. The fraction of sp³-hybridized carbons (Fsp3) is 0. The van der Waals surface area contributed by atoms with Crippen LogP contribution in [0.15, 0.2) is 185 Å². The Morgan fingerprint density at radius 1 is 0.370 bits per heavy atom.